The van der Waals surface area contributed by atoms with E-state index in [1.807, 2.05) is 0 Å². The van der Waals surface area contributed by atoms with E-state index in [2.05, 4.69) is 9.71 Å². The van der Waals surface area contributed by atoms with Crippen LogP contribution in [0.2, 0.25) is 0 Å². The Bertz CT molecular complexity index is 1070. The number of aliphatic imine (C=N–C) groups is 1. The van der Waals surface area contributed by atoms with E-state index >= 15 is 0 Å². The number of furan rings is 1. The zero-order valence-electron chi connectivity index (χ0n) is 13.6. The van der Waals surface area contributed by atoms with Crippen LogP contribution in [-0.4, -0.2) is 19.2 Å². The first-order valence-electron chi connectivity index (χ1n) is 7.52. The number of benzene rings is 2. The number of non-ortho nitro benzene ring substituents is 1. The van der Waals surface area contributed by atoms with Crippen molar-refractivity contribution in [2.75, 3.05) is 4.72 Å². The van der Waals surface area contributed by atoms with Crippen molar-refractivity contribution in [1.82, 2.24) is 0 Å². The van der Waals surface area contributed by atoms with Gasteiger partial charge in [0.2, 0.25) is 5.88 Å². The van der Waals surface area contributed by atoms with Crippen LogP contribution < -0.4 is 9.83 Å². The Morgan fingerprint density at radius 3 is 2.26 bits per heavy atom. The third-order valence-electron chi connectivity index (χ3n) is 3.46. The summed E-state index contributed by atoms with van der Waals surface area (Å²) in [5, 5.41) is 22.6. The molecule has 0 aliphatic heterocycles. The average molecular weight is 386 g/mol. The fraction of sp³-hybridized carbons (Fsp3) is 0. The van der Waals surface area contributed by atoms with Crippen molar-refractivity contribution >= 4 is 33.2 Å². The van der Waals surface area contributed by atoms with Crippen LogP contribution in [0.15, 0.2) is 81.2 Å². The number of nitro groups is 1. The molecule has 0 unspecified atom stereocenters. The molecule has 27 heavy (non-hydrogen) atoms. The molecule has 138 valence electrons. The summed E-state index contributed by atoms with van der Waals surface area (Å²) in [5.74, 6) is -0.363. The summed E-state index contributed by atoms with van der Waals surface area (Å²) in [6.45, 7) is 0. The van der Waals surface area contributed by atoms with E-state index in [0.29, 0.717) is 0 Å². The molecule has 0 amide bonds. The minimum absolute atomic E-state index is 0.124. The van der Waals surface area contributed by atoms with Crippen LogP contribution in [-0.2, 0) is 10.0 Å². The highest BCUT2D eigenvalue weighted by Gasteiger charge is 2.16. The van der Waals surface area contributed by atoms with Gasteiger partial charge in [-0.05, 0) is 41.8 Å². The SMILES string of the molecule is O=[N+]([O-])c1ccc(S(=O)(=O)Nc2ccc(C([O-])=Nc3ccco3)cc2)cc1. The minimum Gasteiger partial charge on any atom is -0.858 e. The van der Waals surface area contributed by atoms with E-state index in [1.165, 1.54) is 36.6 Å². The van der Waals surface area contributed by atoms with Crippen LogP contribution >= 0.6 is 0 Å². The summed E-state index contributed by atoms with van der Waals surface area (Å²) >= 11 is 0. The monoisotopic (exact) mass is 386 g/mol. The molecule has 0 bridgehead atoms. The Morgan fingerprint density at radius 1 is 1.04 bits per heavy atom. The Morgan fingerprint density at radius 2 is 1.70 bits per heavy atom. The minimum atomic E-state index is -3.93. The third-order valence-corrected chi connectivity index (χ3v) is 4.86. The molecule has 2 aromatic carbocycles. The van der Waals surface area contributed by atoms with Gasteiger partial charge >= 0.3 is 0 Å². The quantitative estimate of drug-likeness (QED) is 0.299. The Kier molecular flexibility index (Phi) is 4.90. The van der Waals surface area contributed by atoms with Gasteiger partial charge in [0.25, 0.3) is 15.7 Å². The number of nitrogens with zero attached hydrogens (tertiary/aromatic N) is 2. The number of sulfonamides is 1. The molecule has 0 aliphatic rings. The molecule has 0 saturated carbocycles. The second-order valence-electron chi connectivity index (χ2n) is 5.30. The van der Waals surface area contributed by atoms with Gasteiger partial charge in [-0.25, -0.2) is 13.4 Å². The topological polar surface area (TPSA) is 138 Å². The second kappa shape index (κ2) is 7.30. The summed E-state index contributed by atoms with van der Waals surface area (Å²) in [4.78, 5) is 13.7. The molecule has 0 fully saturated rings. The average Bonchev–Trinajstić information content (AvgIpc) is 3.15. The highest BCUT2D eigenvalue weighted by molar-refractivity contribution is 7.92. The molecule has 3 aromatic rings. The van der Waals surface area contributed by atoms with Gasteiger partial charge in [0.1, 0.15) is 0 Å². The van der Waals surface area contributed by atoms with E-state index in [4.69, 9.17) is 4.42 Å². The van der Waals surface area contributed by atoms with Crippen LogP contribution in [0.1, 0.15) is 5.56 Å². The van der Waals surface area contributed by atoms with E-state index < -0.39 is 20.8 Å². The van der Waals surface area contributed by atoms with Crippen LogP contribution in [0.4, 0.5) is 17.3 Å². The first kappa shape index (κ1) is 18.1. The molecule has 1 aromatic heterocycles. The summed E-state index contributed by atoms with van der Waals surface area (Å²) in [5.41, 5.74) is 0.268. The predicted octanol–water partition coefficient (Wildman–Crippen LogP) is 2.43. The maximum atomic E-state index is 12.3. The zero-order chi connectivity index (χ0) is 19.4. The standard InChI is InChI=1S/C17H13N3O6S/c21-17(18-16-2-1-11-26-16)12-3-5-13(6-4-12)19-27(24,25)15-9-7-14(8-10-15)20(22)23/h1-11,19H,(H,18,21)/p-1. The molecule has 0 atom stereocenters. The molecule has 3 rings (SSSR count). The number of anilines is 1. The largest absolute Gasteiger partial charge is 0.858 e. The van der Waals surface area contributed by atoms with Crippen LogP contribution in [0.25, 0.3) is 0 Å². The van der Waals surface area contributed by atoms with Crippen molar-refractivity contribution in [2.45, 2.75) is 4.90 Å². The first-order valence-corrected chi connectivity index (χ1v) is 9.00. The van der Waals surface area contributed by atoms with Gasteiger partial charge < -0.3 is 9.52 Å². The lowest BCUT2D eigenvalue weighted by Crippen LogP contribution is -2.18. The molecule has 10 heteroatoms. The number of hydrogen-bond donors (Lipinski definition) is 1. The lowest BCUT2D eigenvalue weighted by atomic mass is 10.2. The number of nitro benzene ring substituents is 1. The second-order valence-corrected chi connectivity index (χ2v) is 6.98. The number of hydrogen-bond acceptors (Lipinski definition) is 7. The fourth-order valence-electron chi connectivity index (χ4n) is 2.14. The van der Waals surface area contributed by atoms with E-state index in [1.54, 1.807) is 6.07 Å². The Labute approximate surface area is 153 Å². The first-order chi connectivity index (χ1) is 12.8. The smallest absolute Gasteiger partial charge is 0.269 e. The van der Waals surface area contributed by atoms with Gasteiger partial charge in [-0.3, -0.25) is 14.8 Å². The van der Waals surface area contributed by atoms with E-state index in [0.717, 1.165) is 24.3 Å². The highest BCUT2D eigenvalue weighted by Crippen LogP contribution is 2.20. The third kappa shape index (κ3) is 4.30. The van der Waals surface area contributed by atoms with E-state index in [9.17, 15) is 23.6 Å². The summed E-state index contributed by atoms with van der Waals surface area (Å²) < 4.78 is 32.0. The molecule has 0 aliphatic carbocycles. The Hall–Kier alpha value is -3.66. The molecule has 0 spiro atoms. The maximum Gasteiger partial charge on any atom is 0.269 e. The lowest BCUT2D eigenvalue weighted by Gasteiger charge is -2.12. The van der Waals surface area contributed by atoms with Gasteiger partial charge in [0, 0.05) is 23.9 Å². The lowest BCUT2D eigenvalue weighted by molar-refractivity contribution is -0.384. The van der Waals surface area contributed by atoms with Crippen LogP contribution in [0.5, 0.6) is 0 Å². The highest BCUT2D eigenvalue weighted by atomic mass is 32.2. The van der Waals surface area contributed by atoms with Crippen LogP contribution in [0, 0.1) is 10.1 Å². The molecule has 1 N–H and O–H groups in total. The molecule has 0 saturated heterocycles. The van der Waals surface area contributed by atoms with Crippen molar-refractivity contribution in [2.24, 2.45) is 4.99 Å². The fourth-order valence-corrected chi connectivity index (χ4v) is 3.20. The molecule has 9 nitrogen and oxygen atoms in total. The zero-order valence-corrected chi connectivity index (χ0v) is 14.4. The molecular weight excluding hydrogens is 374 g/mol. The van der Waals surface area contributed by atoms with Crippen LogP contribution in [0.3, 0.4) is 0 Å². The molecular formula is C17H12N3O6S-. The van der Waals surface area contributed by atoms with Crippen molar-refractivity contribution in [1.29, 1.82) is 0 Å². The molecule has 0 radical (unpaired) electrons. The van der Waals surface area contributed by atoms with Gasteiger partial charge in [0.05, 0.1) is 16.1 Å². The van der Waals surface area contributed by atoms with Gasteiger partial charge in [0.15, 0.2) is 0 Å². The van der Waals surface area contributed by atoms with Gasteiger partial charge in [-0.1, -0.05) is 12.1 Å². The van der Waals surface area contributed by atoms with Crippen molar-refractivity contribution < 1.29 is 22.9 Å². The Balaban J connectivity index is 1.76. The van der Waals surface area contributed by atoms with Gasteiger partial charge in [-0.15, -0.1) is 0 Å². The van der Waals surface area contributed by atoms with Crippen molar-refractivity contribution in [3.8, 4) is 0 Å². The summed E-state index contributed by atoms with van der Waals surface area (Å²) in [6, 6.07) is 13.3. The van der Waals surface area contributed by atoms with Crippen molar-refractivity contribution in [3.63, 3.8) is 0 Å². The maximum absolute atomic E-state index is 12.3. The number of rotatable bonds is 6. The van der Waals surface area contributed by atoms with E-state index in [-0.39, 0.29) is 27.7 Å². The predicted molar refractivity (Wildman–Crippen MR) is 95.3 cm³/mol. The summed E-state index contributed by atoms with van der Waals surface area (Å²) in [6.07, 6.45) is 1.39. The normalized spacial score (nSPS) is 11.9. The van der Waals surface area contributed by atoms with Crippen molar-refractivity contribution in [3.05, 3.63) is 82.6 Å². The number of nitrogens with one attached hydrogen (secondary N) is 1. The molecule has 1 heterocycles. The summed E-state index contributed by atoms with van der Waals surface area (Å²) in [7, 11) is -3.93. The van der Waals surface area contributed by atoms with Gasteiger partial charge in [-0.2, -0.15) is 0 Å².